The normalized spacial score (nSPS) is 9.89. The Morgan fingerprint density at radius 3 is 2.61 bits per heavy atom. The molecule has 6 heteroatoms. The van der Waals surface area contributed by atoms with E-state index in [4.69, 9.17) is 40.1 Å². The SMILES string of the molecule is N#Cc1cc(Cl)nc(Nc2cc(Cl)ccc2Cl)c1. The average Bonchev–Trinajstić information content (AvgIpc) is 2.33. The fourth-order valence-electron chi connectivity index (χ4n) is 1.36. The van der Waals surface area contributed by atoms with E-state index < -0.39 is 0 Å². The van der Waals surface area contributed by atoms with Crippen LogP contribution in [0.15, 0.2) is 30.3 Å². The molecule has 2 aromatic rings. The van der Waals surface area contributed by atoms with Crippen molar-refractivity contribution in [2.75, 3.05) is 5.32 Å². The molecule has 0 fully saturated rings. The molecule has 2 rings (SSSR count). The van der Waals surface area contributed by atoms with E-state index >= 15 is 0 Å². The second-order valence-corrected chi connectivity index (χ2v) is 4.66. The van der Waals surface area contributed by atoms with Gasteiger partial charge in [-0.2, -0.15) is 5.26 Å². The third-order valence-electron chi connectivity index (χ3n) is 2.11. The summed E-state index contributed by atoms with van der Waals surface area (Å²) in [6, 6.07) is 10.1. The number of nitrogens with zero attached hydrogens (tertiary/aromatic N) is 2. The maximum absolute atomic E-state index is 8.84. The zero-order valence-corrected chi connectivity index (χ0v) is 11.2. The second-order valence-electron chi connectivity index (χ2n) is 3.42. The van der Waals surface area contributed by atoms with Crippen molar-refractivity contribution in [2.24, 2.45) is 0 Å². The molecule has 0 saturated heterocycles. The lowest BCUT2D eigenvalue weighted by Crippen LogP contribution is -1.95. The molecule has 0 bridgehead atoms. The topological polar surface area (TPSA) is 48.7 Å². The first-order valence-electron chi connectivity index (χ1n) is 4.88. The number of hydrogen-bond acceptors (Lipinski definition) is 3. The molecule has 0 aliphatic carbocycles. The van der Waals surface area contributed by atoms with Crippen molar-refractivity contribution in [3.63, 3.8) is 0 Å². The Hall–Kier alpha value is -1.47. The van der Waals surface area contributed by atoms with E-state index in [0.717, 1.165) is 0 Å². The number of halogens is 3. The summed E-state index contributed by atoms with van der Waals surface area (Å²) in [7, 11) is 0. The maximum atomic E-state index is 8.84. The van der Waals surface area contributed by atoms with Crippen molar-refractivity contribution < 1.29 is 0 Å². The van der Waals surface area contributed by atoms with Gasteiger partial charge in [-0.3, -0.25) is 0 Å². The molecule has 0 amide bonds. The van der Waals surface area contributed by atoms with Crippen LogP contribution < -0.4 is 5.32 Å². The molecular formula is C12H6Cl3N3. The first-order chi connectivity index (χ1) is 8.58. The number of hydrogen-bond donors (Lipinski definition) is 1. The number of nitrogens with one attached hydrogen (secondary N) is 1. The lowest BCUT2D eigenvalue weighted by Gasteiger charge is -2.08. The molecule has 1 aromatic heterocycles. The predicted molar refractivity (Wildman–Crippen MR) is 73.7 cm³/mol. The van der Waals surface area contributed by atoms with Gasteiger partial charge in [0, 0.05) is 5.02 Å². The molecule has 90 valence electrons. The Morgan fingerprint density at radius 1 is 1.11 bits per heavy atom. The van der Waals surface area contributed by atoms with Crippen LogP contribution in [0.3, 0.4) is 0 Å². The number of benzene rings is 1. The number of aromatic nitrogens is 1. The van der Waals surface area contributed by atoms with Crippen LogP contribution in [0, 0.1) is 11.3 Å². The molecule has 0 aliphatic rings. The van der Waals surface area contributed by atoms with Crippen LogP contribution >= 0.6 is 34.8 Å². The minimum absolute atomic E-state index is 0.231. The molecule has 3 nitrogen and oxygen atoms in total. The quantitative estimate of drug-likeness (QED) is 0.820. The molecule has 0 aliphatic heterocycles. The summed E-state index contributed by atoms with van der Waals surface area (Å²) in [4.78, 5) is 4.05. The maximum Gasteiger partial charge on any atom is 0.133 e. The zero-order chi connectivity index (χ0) is 13.1. The highest BCUT2D eigenvalue weighted by molar-refractivity contribution is 6.35. The van der Waals surface area contributed by atoms with Gasteiger partial charge in [0.15, 0.2) is 0 Å². The van der Waals surface area contributed by atoms with Gasteiger partial charge in [-0.1, -0.05) is 34.8 Å². The first kappa shape index (κ1) is 13.0. The van der Waals surface area contributed by atoms with Crippen molar-refractivity contribution in [3.8, 4) is 6.07 Å². The summed E-state index contributed by atoms with van der Waals surface area (Å²) in [5, 5.41) is 13.1. The molecule has 1 N–H and O–H groups in total. The third-order valence-corrected chi connectivity index (χ3v) is 2.87. The van der Waals surface area contributed by atoms with Gasteiger partial charge in [0.2, 0.25) is 0 Å². The monoisotopic (exact) mass is 297 g/mol. The van der Waals surface area contributed by atoms with Crippen LogP contribution in [-0.2, 0) is 0 Å². The number of anilines is 2. The molecule has 0 atom stereocenters. The second kappa shape index (κ2) is 5.45. The summed E-state index contributed by atoms with van der Waals surface area (Å²) in [5.74, 6) is 0.434. The summed E-state index contributed by atoms with van der Waals surface area (Å²) >= 11 is 17.7. The Bertz CT molecular complexity index is 635. The standard InChI is InChI=1S/C12H6Cl3N3/c13-8-1-2-9(14)10(5-8)17-12-4-7(6-16)3-11(15)18-12/h1-5H,(H,17,18). The zero-order valence-electron chi connectivity index (χ0n) is 8.92. The van der Waals surface area contributed by atoms with Gasteiger partial charge >= 0.3 is 0 Å². The largest absolute Gasteiger partial charge is 0.339 e. The minimum atomic E-state index is 0.231. The van der Waals surface area contributed by atoms with Crippen molar-refractivity contribution in [2.45, 2.75) is 0 Å². The van der Waals surface area contributed by atoms with Crippen molar-refractivity contribution in [1.29, 1.82) is 5.26 Å². The van der Waals surface area contributed by atoms with E-state index in [0.29, 0.717) is 27.1 Å². The van der Waals surface area contributed by atoms with Crippen LogP contribution in [0.4, 0.5) is 11.5 Å². The molecular weight excluding hydrogens is 293 g/mol. The average molecular weight is 299 g/mol. The van der Waals surface area contributed by atoms with Gasteiger partial charge in [0.05, 0.1) is 22.3 Å². The Balaban J connectivity index is 2.37. The Labute approximate surface area is 119 Å². The summed E-state index contributed by atoms with van der Waals surface area (Å²) in [5.41, 5.74) is 1.01. The van der Waals surface area contributed by atoms with Gasteiger partial charge in [-0.25, -0.2) is 4.98 Å². The fourth-order valence-corrected chi connectivity index (χ4v) is 1.90. The Kier molecular flexibility index (Phi) is 3.93. The lowest BCUT2D eigenvalue weighted by molar-refractivity contribution is 1.29. The van der Waals surface area contributed by atoms with Crippen LogP contribution in [-0.4, -0.2) is 4.98 Å². The smallest absolute Gasteiger partial charge is 0.133 e. The van der Waals surface area contributed by atoms with Gasteiger partial charge in [0.25, 0.3) is 0 Å². The molecule has 1 heterocycles. The minimum Gasteiger partial charge on any atom is -0.339 e. The third kappa shape index (κ3) is 3.05. The molecule has 18 heavy (non-hydrogen) atoms. The van der Waals surface area contributed by atoms with Gasteiger partial charge in [-0.05, 0) is 30.3 Å². The van der Waals surface area contributed by atoms with Crippen molar-refractivity contribution in [1.82, 2.24) is 4.98 Å². The predicted octanol–water partition coefficient (Wildman–Crippen LogP) is 4.66. The van der Waals surface area contributed by atoms with Gasteiger partial charge < -0.3 is 5.32 Å². The van der Waals surface area contributed by atoms with Crippen LogP contribution in [0.5, 0.6) is 0 Å². The first-order valence-corrected chi connectivity index (χ1v) is 6.01. The fraction of sp³-hybridized carbons (Fsp3) is 0. The number of nitriles is 1. The highest BCUT2D eigenvalue weighted by Crippen LogP contribution is 2.28. The molecule has 0 radical (unpaired) electrons. The van der Waals surface area contributed by atoms with E-state index in [1.54, 1.807) is 24.3 Å². The molecule has 0 saturated carbocycles. The van der Waals surface area contributed by atoms with Crippen molar-refractivity contribution >= 4 is 46.3 Å². The van der Waals surface area contributed by atoms with Crippen molar-refractivity contribution in [3.05, 3.63) is 51.1 Å². The van der Waals surface area contributed by atoms with E-state index in [-0.39, 0.29) is 5.15 Å². The molecule has 1 aromatic carbocycles. The van der Waals surface area contributed by atoms with Crippen LogP contribution in [0.2, 0.25) is 15.2 Å². The van der Waals surface area contributed by atoms with E-state index in [2.05, 4.69) is 10.3 Å². The Morgan fingerprint density at radius 2 is 1.89 bits per heavy atom. The summed E-state index contributed by atoms with van der Waals surface area (Å²) in [6.45, 7) is 0. The van der Waals surface area contributed by atoms with E-state index in [1.807, 2.05) is 6.07 Å². The summed E-state index contributed by atoms with van der Waals surface area (Å²) < 4.78 is 0. The molecule has 0 unspecified atom stereocenters. The number of pyridine rings is 1. The highest BCUT2D eigenvalue weighted by Gasteiger charge is 2.05. The van der Waals surface area contributed by atoms with E-state index in [1.165, 1.54) is 6.07 Å². The van der Waals surface area contributed by atoms with Crippen LogP contribution in [0.1, 0.15) is 5.56 Å². The van der Waals surface area contributed by atoms with Gasteiger partial charge in [-0.15, -0.1) is 0 Å². The summed E-state index contributed by atoms with van der Waals surface area (Å²) in [6.07, 6.45) is 0. The highest BCUT2D eigenvalue weighted by atomic mass is 35.5. The van der Waals surface area contributed by atoms with Crippen LogP contribution in [0.25, 0.3) is 0 Å². The molecule has 0 spiro atoms. The van der Waals surface area contributed by atoms with E-state index in [9.17, 15) is 0 Å². The lowest BCUT2D eigenvalue weighted by atomic mass is 10.2. The van der Waals surface area contributed by atoms with Gasteiger partial charge in [0.1, 0.15) is 11.0 Å². The number of rotatable bonds is 2.